The third kappa shape index (κ3) is 3.83. The molecule has 0 amide bonds. The molecule has 12 heavy (non-hydrogen) atoms. The lowest BCUT2D eigenvalue weighted by atomic mass is 10.3. The molecule has 3 heteroatoms. The predicted octanol–water partition coefficient (Wildman–Crippen LogP) is 1.28. The molecule has 0 saturated heterocycles. The van der Waals surface area contributed by atoms with E-state index in [1.165, 1.54) is 0 Å². The molecule has 0 atom stereocenters. The van der Waals surface area contributed by atoms with Crippen molar-refractivity contribution in [3.63, 3.8) is 0 Å². The highest BCUT2D eigenvalue weighted by Gasteiger charge is 1.91. The molecule has 1 aromatic carbocycles. The van der Waals surface area contributed by atoms with Crippen LogP contribution in [-0.4, -0.2) is 18.8 Å². The molecule has 0 aliphatic heterocycles. The van der Waals surface area contributed by atoms with Gasteiger partial charge in [-0.05, 0) is 19.1 Å². The largest absolute Gasteiger partial charge is 0.495 e. The fraction of sp³-hybridized carbons (Fsp3) is 0.333. The molecule has 68 valence electrons. The number of methoxy groups -OCH3 is 1. The summed E-state index contributed by atoms with van der Waals surface area (Å²) in [6, 6.07) is 7.39. The summed E-state index contributed by atoms with van der Waals surface area (Å²) >= 11 is 0. The maximum atomic E-state index is 7.57. The highest BCUT2D eigenvalue weighted by molar-refractivity contribution is 5.51. The molecule has 3 N–H and O–H groups in total. The summed E-state index contributed by atoms with van der Waals surface area (Å²) in [5.74, 6) is 0.734. The second-order valence-electron chi connectivity index (χ2n) is 2.06. The number of hydrogen-bond acceptors (Lipinski definition) is 3. The first-order valence-electron chi connectivity index (χ1n) is 3.75. The Balaban J connectivity index is 0.000000354. The van der Waals surface area contributed by atoms with Gasteiger partial charge in [0.05, 0.1) is 12.8 Å². The second-order valence-corrected chi connectivity index (χ2v) is 2.06. The van der Waals surface area contributed by atoms with Crippen LogP contribution in [0.3, 0.4) is 0 Å². The van der Waals surface area contributed by atoms with Crippen LogP contribution in [0.4, 0.5) is 5.69 Å². The Kier molecular flexibility index (Phi) is 5.83. The van der Waals surface area contributed by atoms with Gasteiger partial charge in [0.1, 0.15) is 5.75 Å². The molecule has 0 aliphatic carbocycles. The van der Waals surface area contributed by atoms with Crippen LogP contribution in [0.1, 0.15) is 6.92 Å². The van der Waals surface area contributed by atoms with Gasteiger partial charge in [-0.25, -0.2) is 0 Å². The first-order chi connectivity index (χ1) is 5.76. The topological polar surface area (TPSA) is 55.5 Å². The van der Waals surface area contributed by atoms with Gasteiger partial charge >= 0.3 is 0 Å². The van der Waals surface area contributed by atoms with Crippen LogP contribution in [0.25, 0.3) is 0 Å². The molecule has 0 saturated carbocycles. The lowest BCUT2D eigenvalue weighted by Gasteiger charge is -2.00. The van der Waals surface area contributed by atoms with Gasteiger partial charge < -0.3 is 15.6 Å². The molecule has 3 nitrogen and oxygen atoms in total. The lowest BCUT2D eigenvalue weighted by molar-refractivity contribution is 0.318. The molecule has 0 fully saturated rings. The van der Waals surface area contributed by atoms with Gasteiger partial charge in [-0.15, -0.1) is 0 Å². The Morgan fingerprint density at radius 1 is 1.42 bits per heavy atom. The normalized spacial score (nSPS) is 8.25. The Morgan fingerprint density at radius 2 is 1.92 bits per heavy atom. The lowest BCUT2D eigenvalue weighted by Crippen LogP contribution is -1.89. The van der Waals surface area contributed by atoms with Crippen molar-refractivity contribution in [3.8, 4) is 5.75 Å². The van der Waals surface area contributed by atoms with E-state index < -0.39 is 0 Å². The molecule has 0 spiro atoms. The smallest absolute Gasteiger partial charge is 0.141 e. The van der Waals surface area contributed by atoms with Crippen molar-refractivity contribution in [1.29, 1.82) is 0 Å². The molecule has 1 aromatic rings. The van der Waals surface area contributed by atoms with Gasteiger partial charge in [0.25, 0.3) is 0 Å². The Hall–Kier alpha value is -1.22. The Labute approximate surface area is 72.8 Å². The summed E-state index contributed by atoms with van der Waals surface area (Å²) < 4.78 is 4.92. The molecule has 1 rings (SSSR count). The molecule has 0 radical (unpaired) electrons. The summed E-state index contributed by atoms with van der Waals surface area (Å²) in [5, 5.41) is 7.57. The number of anilines is 1. The molecule has 0 aromatic heterocycles. The third-order valence-electron chi connectivity index (χ3n) is 1.14. The maximum Gasteiger partial charge on any atom is 0.141 e. The minimum absolute atomic E-state index is 0.250. The first kappa shape index (κ1) is 10.8. The number of nitrogens with two attached hydrogens (primary N) is 1. The van der Waals surface area contributed by atoms with Gasteiger partial charge in [0, 0.05) is 6.61 Å². The number of para-hydroxylation sites is 2. The molecule has 0 bridgehead atoms. The molecular weight excluding hydrogens is 154 g/mol. The zero-order valence-corrected chi connectivity index (χ0v) is 7.45. The molecular formula is C9H15NO2. The van der Waals surface area contributed by atoms with Gasteiger partial charge in [0.2, 0.25) is 0 Å². The van der Waals surface area contributed by atoms with Crippen molar-refractivity contribution in [2.45, 2.75) is 6.92 Å². The minimum Gasteiger partial charge on any atom is -0.495 e. The predicted molar refractivity (Wildman–Crippen MR) is 50.2 cm³/mol. The summed E-state index contributed by atoms with van der Waals surface area (Å²) in [5.41, 5.74) is 6.19. The number of rotatable bonds is 1. The Morgan fingerprint density at radius 3 is 2.25 bits per heavy atom. The monoisotopic (exact) mass is 169 g/mol. The van der Waals surface area contributed by atoms with E-state index >= 15 is 0 Å². The number of nitrogen functional groups attached to an aromatic ring is 1. The van der Waals surface area contributed by atoms with Crippen LogP contribution < -0.4 is 10.5 Å². The fourth-order valence-electron chi connectivity index (χ4n) is 0.666. The van der Waals surface area contributed by atoms with Crippen molar-refractivity contribution in [3.05, 3.63) is 24.3 Å². The zero-order chi connectivity index (χ0) is 9.40. The number of hydrogen-bond donors (Lipinski definition) is 2. The van der Waals surface area contributed by atoms with E-state index in [9.17, 15) is 0 Å². The van der Waals surface area contributed by atoms with E-state index in [4.69, 9.17) is 15.6 Å². The van der Waals surface area contributed by atoms with Crippen LogP contribution >= 0.6 is 0 Å². The van der Waals surface area contributed by atoms with E-state index in [0.29, 0.717) is 5.69 Å². The molecule has 0 aliphatic rings. The van der Waals surface area contributed by atoms with Gasteiger partial charge in [0.15, 0.2) is 0 Å². The van der Waals surface area contributed by atoms with Crippen LogP contribution in [0, 0.1) is 0 Å². The second kappa shape index (κ2) is 6.49. The van der Waals surface area contributed by atoms with Crippen LogP contribution in [0.15, 0.2) is 24.3 Å². The summed E-state index contributed by atoms with van der Waals surface area (Å²) in [7, 11) is 1.60. The van der Waals surface area contributed by atoms with Crippen molar-refractivity contribution >= 4 is 5.69 Å². The van der Waals surface area contributed by atoms with E-state index in [0.717, 1.165) is 5.75 Å². The van der Waals surface area contributed by atoms with E-state index in [1.54, 1.807) is 20.1 Å². The summed E-state index contributed by atoms with van der Waals surface area (Å²) in [6.45, 7) is 1.93. The van der Waals surface area contributed by atoms with E-state index in [2.05, 4.69) is 0 Å². The minimum atomic E-state index is 0.250. The number of aliphatic hydroxyl groups is 1. The van der Waals surface area contributed by atoms with E-state index in [-0.39, 0.29) is 6.61 Å². The average Bonchev–Trinajstić information content (AvgIpc) is 2.07. The van der Waals surface area contributed by atoms with Gasteiger partial charge in [-0.3, -0.25) is 0 Å². The van der Waals surface area contributed by atoms with Gasteiger partial charge in [-0.1, -0.05) is 12.1 Å². The van der Waals surface area contributed by atoms with Crippen LogP contribution in [0.2, 0.25) is 0 Å². The molecule has 0 heterocycles. The zero-order valence-electron chi connectivity index (χ0n) is 7.45. The number of aliphatic hydroxyl groups excluding tert-OH is 1. The quantitative estimate of drug-likeness (QED) is 0.622. The van der Waals surface area contributed by atoms with Crippen molar-refractivity contribution < 1.29 is 9.84 Å². The van der Waals surface area contributed by atoms with Crippen LogP contribution in [-0.2, 0) is 0 Å². The molecule has 0 unspecified atom stereocenters. The number of benzene rings is 1. The van der Waals surface area contributed by atoms with Crippen molar-refractivity contribution in [2.24, 2.45) is 0 Å². The third-order valence-corrected chi connectivity index (χ3v) is 1.14. The number of ether oxygens (including phenoxy) is 1. The average molecular weight is 169 g/mol. The Bertz CT molecular complexity index is 213. The highest BCUT2D eigenvalue weighted by atomic mass is 16.5. The highest BCUT2D eigenvalue weighted by Crippen LogP contribution is 2.18. The van der Waals surface area contributed by atoms with Gasteiger partial charge in [-0.2, -0.15) is 0 Å². The van der Waals surface area contributed by atoms with E-state index in [1.807, 2.05) is 18.2 Å². The van der Waals surface area contributed by atoms with Crippen molar-refractivity contribution in [1.82, 2.24) is 0 Å². The van der Waals surface area contributed by atoms with Crippen LogP contribution in [0.5, 0.6) is 5.75 Å². The summed E-state index contributed by atoms with van der Waals surface area (Å²) in [6.07, 6.45) is 0. The van der Waals surface area contributed by atoms with Crippen molar-refractivity contribution in [2.75, 3.05) is 19.5 Å². The standard InChI is InChI=1S/C7H9NO.C2H6O/c1-9-7-5-3-2-4-6(7)8;1-2-3/h2-5H,8H2,1H3;3H,2H2,1H3. The SMILES string of the molecule is CCO.COc1ccccc1N. The summed E-state index contributed by atoms with van der Waals surface area (Å²) in [4.78, 5) is 0. The first-order valence-corrected chi connectivity index (χ1v) is 3.75. The fourth-order valence-corrected chi connectivity index (χ4v) is 0.666. The maximum absolute atomic E-state index is 7.57.